The van der Waals surface area contributed by atoms with Crippen molar-refractivity contribution in [2.45, 2.75) is 39.7 Å². The van der Waals surface area contributed by atoms with Crippen molar-refractivity contribution < 1.29 is 19.1 Å². The van der Waals surface area contributed by atoms with Crippen LogP contribution in [0.3, 0.4) is 0 Å². The van der Waals surface area contributed by atoms with E-state index >= 15 is 0 Å². The average Bonchev–Trinajstić information content (AvgIpc) is 3.39. The van der Waals surface area contributed by atoms with Crippen LogP contribution in [0.25, 0.3) is 11.1 Å². The van der Waals surface area contributed by atoms with Gasteiger partial charge in [-0.15, -0.1) is 5.10 Å². The van der Waals surface area contributed by atoms with Gasteiger partial charge in [0.25, 0.3) is 5.91 Å². The fourth-order valence-electron chi connectivity index (χ4n) is 3.91. The molecule has 1 amide bonds. The maximum absolute atomic E-state index is 12.9. The average molecular weight is 499 g/mol. The Kier molecular flexibility index (Phi) is 9.39. The first-order valence-electron chi connectivity index (χ1n) is 11.6. The lowest BCUT2D eigenvalue weighted by molar-refractivity contribution is -0.159. The van der Waals surface area contributed by atoms with Crippen LogP contribution >= 0.6 is 11.6 Å². The molecular formula is C26H31ClN4O4. The van der Waals surface area contributed by atoms with Crippen molar-refractivity contribution in [1.82, 2.24) is 20.7 Å². The molecule has 0 saturated carbocycles. The molecule has 2 N–H and O–H groups in total. The van der Waals surface area contributed by atoms with Crippen LogP contribution in [0.2, 0.25) is 5.02 Å². The highest BCUT2D eigenvalue weighted by atomic mass is 35.5. The second-order valence-electron chi connectivity index (χ2n) is 8.57. The second-order valence-corrected chi connectivity index (χ2v) is 9.01. The highest BCUT2D eigenvalue weighted by Crippen LogP contribution is 2.29. The number of carbonyl (C=O) groups excluding carboxylic acids is 2. The van der Waals surface area contributed by atoms with E-state index in [1.807, 2.05) is 55.5 Å². The number of hydrogen-bond donors (Lipinski definition) is 2. The Balaban J connectivity index is 1.83. The SMILES string of the molecule is CCOCC(C)(C[C@@H](Cc1ccc(-c2cccc(Cl)c2)cc1)NC(=O)c1cnn[nH]1)C(=O)OCC. The van der Waals surface area contributed by atoms with Crippen LogP contribution in [-0.4, -0.2) is 53.1 Å². The van der Waals surface area contributed by atoms with Crippen LogP contribution in [-0.2, 0) is 20.7 Å². The number of halogens is 1. The normalized spacial score (nSPS) is 13.6. The third kappa shape index (κ3) is 7.37. The fraction of sp³-hybridized carbons (Fsp3) is 0.385. The zero-order valence-corrected chi connectivity index (χ0v) is 21.0. The number of hydrogen-bond acceptors (Lipinski definition) is 6. The number of H-pyrrole nitrogens is 1. The molecule has 0 bridgehead atoms. The molecule has 35 heavy (non-hydrogen) atoms. The summed E-state index contributed by atoms with van der Waals surface area (Å²) in [5.41, 5.74) is 2.37. The molecule has 9 heteroatoms. The van der Waals surface area contributed by atoms with E-state index in [-0.39, 0.29) is 36.8 Å². The third-order valence-electron chi connectivity index (χ3n) is 5.68. The first-order chi connectivity index (χ1) is 16.8. The molecule has 1 heterocycles. The maximum Gasteiger partial charge on any atom is 0.314 e. The van der Waals surface area contributed by atoms with Gasteiger partial charge in [-0.1, -0.05) is 53.2 Å². The molecule has 0 aliphatic heterocycles. The minimum absolute atomic E-state index is 0.189. The predicted octanol–water partition coefficient (Wildman–Crippen LogP) is 4.46. The summed E-state index contributed by atoms with van der Waals surface area (Å²) in [4.78, 5) is 25.6. The lowest BCUT2D eigenvalue weighted by Gasteiger charge is -2.31. The van der Waals surface area contributed by atoms with E-state index in [9.17, 15) is 9.59 Å². The number of rotatable bonds is 12. The van der Waals surface area contributed by atoms with Crippen molar-refractivity contribution in [2.75, 3.05) is 19.8 Å². The number of ether oxygens (including phenoxy) is 2. The van der Waals surface area contributed by atoms with Gasteiger partial charge in [-0.2, -0.15) is 0 Å². The van der Waals surface area contributed by atoms with Crippen LogP contribution in [0.4, 0.5) is 0 Å². The van der Waals surface area contributed by atoms with Gasteiger partial charge in [0.2, 0.25) is 0 Å². The Morgan fingerprint density at radius 2 is 1.89 bits per heavy atom. The minimum atomic E-state index is -0.934. The Morgan fingerprint density at radius 1 is 1.11 bits per heavy atom. The molecule has 3 rings (SSSR count). The van der Waals surface area contributed by atoms with Crippen LogP contribution in [0.1, 0.15) is 43.2 Å². The van der Waals surface area contributed by atoms with Crippen molar-refractivity contribution in [3.05, 3.63) is 71.0 Å². The van der Waals surface area contributed by atoms with Gasteiger partial charge < -0.3 is 14.8 Å². The van der Waals surface area contributed by atoms with Gasteiger partial charge in [0.15, 0.2) is 0 Å². The lowest BCUT2D eigenvalue weighted by atomic mass is 9.82. The topological polar surface area (TPSA) is 106 Å². The van der Waals surface area contributed by atoms with E-state index in [4.69, 9.17) is 21.1 Å². The van der Waals surface area contributed by atoms with E-state index < -0.39 is 5.41 Å². The van der Waals surface area contributed by atoms with E-state index in [1.54, 1.807) is 13.8 Å². The fourth-order valence-corrected chi connectivity index (χ4v) is 4.10. The summed E-state index contributed by atoms with van der Waals surface area (Å²) < 4.78 is 11.0. The zero-order valence-electron chi connectivity index (χ0n) is 20.2. The highest BCUT2D eigenvalue weighted by Gasteiger charge is 2.38. The molecular weight excluding hydrogens is 468 g/mol. The molecule has 1 aromatic heterocycles. The van der Waals surface area contributed by atoms with Gasteiger partial charge in [0.05, 0.1) is 24.8 Å². The number of nitrogens with zero attached hydrogens (tertiary/aromatic N) is 2. The molecule has 0 aliphatic carbocycles. The van der Waals surface area contributed by atoms with Crippen molar-refractivity contribution in [2.24, 2.45) is 5.41 Å². The number of amides is 1. The van der Waals surface area contributed by atoms with Crippen molar-refractivity contribution >= 4 is 23.5 Å². The molecule has 0 radical (unpaired) electrons. The monoisotopic (exact) mass is 498 g/mol. The summed E-state index contributed by atoms with van der Waals surface area (Å²) in [6, 6.07) is 15.3. The number of aromatic nitrogens is 3. The summed E-state index contributed by atoms with van der Waals surface area (Å²) in [6.45, 7) is 6.37. The Bertz CT molecular complexity index is 1100. The summed E-state index contributed by atoms with van der Waals surface area (Å²) in [5, 5.41) is 13.6. The standard InChI is InChI=1S/C26H31ClN4O4/c1-4-34-17-26(3,25(33)35-5-2)15-22(29-24(32)23-16-28-31-30-23)13-18-9-11-19(12-10-18)20-7-6-8-21(27)14-20/h6-12,14,16,22H,4-5,13,15,17H2,1-3H3,(H,29,32)(H,28,30,31)/t22-,26?/m1/s1. The number of aromatic amines is 1. The molecule has 2 atom stereocenters. The summed E-state index contributed by atoms with van der Waals surface area (Å²) in [7, 11) is 0. The minimum Gasteiger partial charge on any atom is -0.466 e. The molecule has 1 unspecified atom stereocenters. The number of esters is 1. The molecule has 0 fully saturated rings. The van der Waals surface area contributed by atoms with Gasteiger partial charge in [0.1, 0.15) is 5.69 Å². The Morgan fingerprint density at radius 3 is 2.51 bits per heavy atom. The number of benzene rings is 2. The largest absolute Gasteiger partial charge is 0.466 e. The van der Waals surface area contributed by atoms with Gasteiger partial charge in [-0.25, -0.2) is 0 Å². The van der Waals surface area contributed by atoms with Crippen molar-refractivity contribution in [3.63, 3.8) is 0 Å². The zero-order chi connectivity index (χ0) is 25.3. The number of nitrogens with one attached hydrogen (secondary N) is 2. The van der Waals surface area contributed by atoms with E-state index in [1.165, 1.54) is 6.20 Å². The molecule has 186 valence electrons. The lowest BCUT2D eigenvalue weighted by Crippen LogP contribution is -2.45. The molecule has 8 nitrogen and oxygen atoms in total. The summed E-state index contributed by atoms with van der Waals surface area (Å²) in [6.07, 6.45) is 2.19. The van der Waals surface area contributed by atoms with Crippen LogP contribution in [0.5, 0.6) is 0 Å². The molecule has 3 aromatic rings. The van der Waals surface area contributed by atoms with Crippen LogP contribution in [0, 0.1) is 5.41 Å². The van der Waals surface area contributed by atoms with Gasteiger partial charge in [0, 0.05) is 17.7 Å². The molecule has 0 aliphatic rings. The predicted molar refractivity (Wildman–Crippen MR) is 134 cm³/mol. The smallest absolute Gasteiger partial charge is 0.314 e. The van der Waals surface area contributed by atoms with Crippen molar-refractivity contribution in [1.29, 1.82) is 0 Å². The van der Waals surface area contributed by atoms with E-state index in [0.29, 0.717) is 24.5 Å². The second kappa shape index (κ2) is 12.5. The maximum atomic E-state index is 12.9. The van der Waals surface area contributed by atoms with E-state index in [0.717, 1.165) is 16.7 Å². The third-order valence-corrected chi connectivity index (χ3v) is 5.91. The number of carbonyl (C=O) groups is 2. The van der Waals surface area contributed by atoms with Crippen LogP contribution in [0.15, 0.2) is 54.7 Å². The quantitative estimate of drug-likeness (QED) is 0.357. The van der Waals surface area contributed by atoms with Crippen LogP contribution < -0.4 is 5.32 Å². The molecule has 0 saturated heterocycles. The van der Waals surface area contributed by atoms with Gasteiger partial charge in [-0.3, -0.25) is 14.7 Å². The first-order valence-corrected chi connectivity index (χ1v) is 12.0. The summed E-state index contributed by atoms with van der Waals surface area (Å²) in [5.74, 6) is -0.703. The van der Waals surface area contributed by atoms with Gasteiger partial charge in [-0.05, 0) is 62.4 Å². The van der Waals surface area contributed by atoms with E-state index in [2.05, 4.69) is 20.7 Å². The van der Waals surface area contributed by atoms with Gasteiger partial charge >= 0.3 is 5.97 Å². The molecule has 0 spiro atoms. The summed E-state index contributed by atoms with van der Waals surface area (Å²) >= 11 is 6.13. The Hall–Kier alpha value is -3.23. The highest BCUT2D eigenvalue weighted by molar-refractivity contribution is 6.30. The van der Waals surface area contributed by atoms with Crippen molar-refractivity contribution in [3.8, 4) is 11.1 Å². The first kappa shape index (κ1) is 26.4. The Labute approximate surface area is 210 Å². The molecule has 2 aromatic carbocycles.